The number of Topliss-reactive ketones (excluding diaryl/α,β-unsaturated/α-hetero) is 1. The van der Waals surface area contributed by atoms with Gasteiger partial charge in [-0.05, 0) is 36.8 Å². The van der Waals surface area contributed by atoms with E-state index in [0.29, 0.717) is 29.7 Å². The van der Waals surface area contributed by atoms with Crippen LogP contribution in [0.25, 0.3) is 5.69 Å². The molecule has 1 aliphatic carbocycles. The standard InChI is InChI=1S/C19H14FNO3S/c20-13-5-4-8-15(11-13)25(23,24)19-16-9-10-18(22)17(16)12-21(19)14-6-2-1-3-7-14/h1-8,11-12H,9-10H2. The van der Waals surface area contributed by atoms with Crippen molar-refractivity contribution in [1.29, 1.82) is 0 Å². The minimum Gasteiger partial charge on any atom is -0.306 e. The number of nitrogens with zero attached hydrogens (tertiary/aromatic N) is 1. The summed E-state index contributed by atoms with van der Waals surface area (Å²) in [5.41, 5.74) is 1.58. The van der Waals surface area contributed by atoms with Gasteiger partial charge in [0.2, 0.25) is 9.84 Å². The first-order chi connectivity index (χ1) is 12.0. The lowest BCUT2D eigenvalue weighted by Gasteiger charge is -2.12. The van der Waals surface area contributed by atoms with Gasteiger partial charge in [-0.25, -0.2) is 12.8 Å². The van der Waals surface area contributed by atoms with Crippen LogP contribution in [0, 0.1) is 5.82 Å². The highest BCUT2D eigenvalue weighted by Crippen LogP contribution is 2.35. The van der Waals surface area contributed by atoms with Gasteiger partial charge in [0.15, 0.2) is 5.78 Å². The van der Waals surface area contributed by atoms with E-state index in [9.17, 15) is 17.6 Å². The molecule has 1 aliphatic rings. The molecule has 1 heterocycles. The average Bonchev–Trinajstić information content (AvgIpc) is 3.16. The van der Waals surface area contributed by atoms with Gasteiger partial charge in [-0.15, -0.1) is 0 Å². The molecule has 0 saturated heterocycles. The van der Waals surface area contributed by atoms with Crippen LogP contribution in [-0.4, -0.2) is 18.8 Å². The highest BCUT2D eigenvalue weighted by Gasteiger charge is 2.34. The number of rotatable bonds is 3. The average molecular weight is 355 g/mol. The Labute approximate surface area is 144 Å². The zero-order valence-electron chi connectivity index (χ0n) is 13.1. The third-order valence-electron chi connectivity index (χ3n) is 4.36. The van der Waals surface area contributed by atoms with E-state index in [0.717, 1.165) is 6.07 Å². The maximum Gasteiger partial charge on any atom is 0.222 e. The van der Waals surface area contributed by atoms with Crippen LogP contribution in [0.5, 0.6) is 0 Å². The van der Waals surface area contributed by atoms with E-state index in [1.165, 1.54) is 22.8 Å². The van der Waals surface area contributed by atoms with Gasteiger partial charge in [-0.1, -0.05) is 24.3 Å². The SMILES string of the molecule is O=C1CCc2c1cn(-c1ccccc1)c2S(=O)(=O)c1cccc(F)c1. The number of carbonyl (C=O) groups excluding carboxylic acids is 1. The van der Waals surface area contributed by atoms with Gasteiger partial charge in [0.05, 0.1) is 4.90 Å². The van der Waals surface area contributed by atoms with E-state index in [4.69, 9.17) is 0 Å². The number of sulfone groups is 1. The second-order valence-corrected chi connectivity index (χ2v) is 7.78. The fourth-order valence-corrected chi connectivity index (χ4v) is 4.90. The molecule has 0 N–H and O–H groups in total. The van der Waals surface area contributed by atoms with Crippen LogP contribution >= 0.6 is 0 Å². The van der Waals surface area contributed by atoms with Crippen LogP contribution < -0.4 is 0 Å². The van der Waals surface area contributed by atoms with E-state index in [1.54, 1.807) is 30.5 Å². The number of fused-ring (bicyclic) bond motifs is 1. The maximum absolute atomic E-state index is 13.6. The molecule has 0 unspecified atom stereocenters. The van der Waals surface area contributed by atoms with Crippen molar-refractivity contribution in [3.8, 4) is 5.69 Å². The summed E-state index contributed by atoms with van der Waals surface area (Å²) in [6, 6.07) is 13.9. The summed E-state index contributed by atoms with van der Waals surface area (Å²) in [7, 11) is -3.97. The summed E-state index contributed by atoms with van der Waals surface area (Å²) < 4.78 is 41.5. The summed E-state index contributed by atoms with van der Waals surface area (Å²) in [6.45, 7) is 0. The molecule has 4 nitrogen and oxygen atoms in total. The smallest absolute Gasteiger partial charge is 0.222 e. The third kappa shape index (κ3) is 2.49. The molecule has 0 bridgehead atoms. The lowest BCUT2D eigenvalue weighted by Crippen LogP contribution is -2.11. The van der Waals surface area contributed by atoms with Crippen molar-refractivity contribution in [3.63, 3.8) is 0 Å². The largest absolute Gasteiger partial charge is 0.306 e. The van der Waals surface area contributed by atoms with Gasteiger partial charge < -0.3 is 4.57 Å². The number of halogens is 1. The van der Waals surface area contributed by atoms with Crippen molar-refractivity contribution in [2.45, 2.75) is 22.8 Å². The first-order valence-electron chi connectivity index (χ1n) is 7.82. The molecule has 0 saturated carbocycles. The van der Waals surface area contributed by atoms with Crippen molar-refractivity contribution >= 4 is 15.6 Å². The second kappa shape index (κ2) is 5.67. The summed E-state index contributed by atoms with van der Waals surface area (Å²) >= 11 is 0. The van der Waals surface area contributed by atoms with Gasteiger partial charge in [0, 0.05) is 29.4 Å². The predicted molar refractivity (Wildman–Crippen MR) is 90.3 cm³/mol. The van der Waals surface area contributed by atoms with Crippen LogP contribution in [0.15, 0.2) is 70.7 Å². The molecular weight excluding hydrogens is 341 g/mol. The lowest BCUT2D eigenvalue weighted by atomic mass is 10.2. The first-order valence-corrected chi connectivity index (χ1v) is 9.30. The van der Waals surface area contributed by atoms with E-state index in [2.05, 4.69) is 0 Å². The highest BCUT2D eigenvalue weighted by atomic mass is 32.2. The fourth-order valence-electron chi connectivity index (χ4n) is 3.20. The molecule has 6 heteroatoms. The van der Waals surface area contributed by atoms with Crippen LogP contribution in [0.3, 0.4) is 0 Å². The van der Waals surface area contributed by atoms with Gasteiger partial charge in [0.25, 0.3) is 0 Å². The Morgan fingerprint density at radius 3 is 2.44 bits per heavy atom. The number of hydrogen-bond acceptors (Lipinski definition) is 3. The Morgan fingerprint density at radius 2 is 1.72 bits per heavy atom. The number of benzene rings is 2. The van der Waals surface area contributed by atoms with Crippen LogP contribution in [-0.2, 0) is 16.3 Å². The molecule has 126 valence electrons. The molecule has 0 fully saturated rings. The molecule has 0 amide bonds. The molecule has 0 atom stereocenters. The third-order valence-corrected chi connectivity index (χ3v) is 6.18. The van der Waals surface area contributed by atoms with Crippen LogP contribution in [0.1, 0.15) is 22.3 Å². The van der Waals surface area contributed by atoms with Crippen molar-refractivity contribution in [2.24, 2.45) is 0 Å². The molecule has 25 heavy (non-hydrogen) atoms. The summed E-state index contributed by atoms with van der Waals surface area (Å²) in [5, 5.41) is 0.0464. The fraction of sp³-hybridized carbons (Fsp3) is 0.105. The van der Waals surface area contributed by atoms with E-state index in [1.807, 2.05) is 6.07 Å². The monoisotopic (exact) mass is 355 g/mol. The molecular formula is C19H14FNO3S. The number of aromatic nitrogens is 1. The topological polar surface area (TPSA) is 56.1 Å². The van der Waals surface area contributed by atoms with Gasteiger partial charge in [-0.3, -0.25) is 4.79 Å². The van der Waals surface area contributed by atoms with Gasteiger partial charge in [-0.2, -0.15) is 0 Å². The molecule has 0 aliphatic heterocycles. The van der Waals surface area contributed by atoms with Gasteiger partial charge >= 0.3 is 0 Å². The number of ketones is 1. The van der Waals surface area contributed by atoms with Crippen molar-refractivity contribution in [1.82, 2.24) is 4.57 Å². The van der Waals surface area contributed by atoms with E-state index >= 15 is 0 Å². The van der Waals surface area contributed by atoms with Crippen molar-refractivity contribution < 1.29 is 17.6 Å². The Hall–Kier alpha value is -2.73. The zero-order chi connectivity index (χ0) is 17.6. The Bertz CT molecular complexity index is 1090. The van der Waals surface area contributed by atoms with E-state index in [-0.39, 0.29) is 15.7 Å². The first kappa shape index (κ1) is 15.8. The zero-order valence-corrected chi connectivity index (χ0v) is 14.0. The molecule has 0 spiro atoms. The van der Waals surface area contributed by atoms with Crippen LogP contribution in [0.2, 0.25) is 0 Å². The lowest BCUT2D eigenvalue weighted by molar-refractivity contribution is 0.0994. The van der Waals surface area contributed by atoms with Gasteiger partial charge in [0.1, 0.15) is 10.8 Å². The van der Waals surface area contributed by atoms with Crippen molar-refractivity contribution in [2.75, 3.05) is 0 Å². The molecule has 0 radical (unpaired) electrons. The highest BCUT2D eigenvalue weighted by molar-refractivity contribution is 7.91. The minimum atomic E-state index is -3.97. The maximum atomic E-state index is 13.6. The van der Waals surface area contributed by atoms with Crippen LogP contribution in [0.4, 0.5) is 4.39 Å². The molecule has 4 rings (SSSR count). The second-order valence-electron chi connectivity index (χ2n) is 5.92. The number of carbonyl (C=O) groups is 1. The Kier molecular flexibility index (Phi) is 3.58. The quantitative estimate of drug-likeness (QED) is 0.722. The molecule has 2 aromatic carbocycles. The number of para-hydroxylation sites is 1. The summed E-state index contributed by atoms with van der Waals surface area (Å²) in [4.78, 5) is 12.0. The molecule has 1 aromatic heterocycles. The van der Waals surface area contributed by atoms with Crippen molar-refractivity contribution in [3.05, 3.63) is 77.7 Å². The Morgan fingerprint density at radius 1 is 0.960 bits per heavy atom. The predicted octanol–water partition coefficient (Wildman–Crippen LogP) is 3.58. The Balaban J connectivity index is 2.01. The minimum absolute atomic E-state index is 0.0464. The summed E-state index contributed by atoms with van der Waals surface area (Å²) in [6.07, 6.45) is 2.25. The normalized spacial score (nSPS) is 13.9. The summed E-state index contributed by atoms with van der Waals surface area (Å²) in [5.74, 6) is -0.688. The molecule has 3 aromatic rings. The number of hydrogen-bond donors (Lipinski definition) is 0. The van der Waals surface area contributed by atoms with E-state index < -0.39 is 15.7 Å².